The van der Waals surface area contributed by atoms with E-state index in [0.717, 1.165) is 45.6 Å². The van der Waals surface area contributed by atoms with Crippen molar-refractivity contribution in [3.63, 3.8) is 0 Å². The molecule has 0 bridgehead atoms. The molecule has 0 spiro atoms. The summed E-state index contributed by atoms with van der Waals surface area (Å²) in [6.45, 7) is 6.31. The van der Waals surface area contributed by atoms with Gasteiger partial charge >= 0.3 is 0 Å². The maximum Gasteiger partial charge on any atom is 0.261 e. The van der Waals surface area contributed by atoms with Crippen molar-refractivity contribution < 1.29 is 14.3 Å². The second-order valence-electron chi connectivity index (χ2n) is 8.75. The van der Waals surface area contributed by atoms with Crippen molar-refractivity contribution in [2.45, 2.75) is 25.8 Å². The molecule has 1 aliphatic heterocycles. The molecule has 8 heteroatoms. The first-order valence-corrected chi connectivity index (χ1v) is 11.4. The van der Waals surface area contributed by atoms with Crippen LogP contribution >= 0.6 is 0 Å². The van der Waals surface area contributed by atoms with E-state index in [1.54, 1.807) is 24.4 Å². The zero-order chi connectivity index (χ0) is 23.1. The molecule has 0 unspecified atom stereocenters. The van der Waals surface area contributed by atoms with Crippen molar-refractivity contribution in [3.05, 3.63) is 64.2 Å². The highest BCUT2D eigenvalue weighted by atomic mass is 19.1. The molecule has 2 aromatic carbocycles. The number of halogens is 1. The third-order valence-electron chi connectivity index (χ3n) is 6.57. The Balaban J connectivity index is 1.54. The van der Waals surface area contributed by atoms with Gasteiger partial charge in [0, 0.05) is 49.5 Å². The summed E-state index contributed by atoms with van der Waals surface area (Å²) in [7, 11) is 0. The fourth-order valence-corrected chi connectivity index (χ4v) is 4.47. The predicted octanol–water partition coefficient (Wildman–Crippen LogP) is 3.58. The lowest BCUT2D eigenvalue weighted by molar-refractivity contribution is 0.102. The molecular weight excluding hydrogens is 423 g/mol. The highest BCUT2D eigenvalue weighted by molar-refractivity contribution is 6.06. The number of piperazine rings is 1. The largest absolute Gasteiger partial charge is 0.508 e. The molecule has 1 saturated carbocycles. The van der Waals surface area contributed by atoms with E-state index < -0.39 is 17.2 Å². The third-order valence-corrected chi connectivity index (χ3v) is 6.57. The molecule has 7 nitrogen and oxygen atoms in total. The Morgan fingerprint density at radius 2 is 1.82 bits per heavy atom. The minimum Gasteiger partial charge on any atom is -0.508 e. The second-order valence-corrected chi connectivity index (χ2v) is 8.75. The molecule has 1 amide bonds. The van der Waals surface area contributed by atoms with Crippen LogP contribution in [0, 0.1) is 5.82 Å². The van der Waals surface area contributed by atoms with E-state index in [1.165, 1.54) is 18.2 Å². The summed E-state index contributed by atoms with van der Waals surface area (Å²) in [5.41, 5.74) is 1.12. The number of carbonyl (C=O) groups excluding carboxylic acids is 1. The van der Waals surface area contributed by atoms with Gasteiger partial charge in [-0.25, -0.2) is 4.39 Å². The molecule has 2 aliphatic rings. The summed E-state index contributed by atoms with van der Waals surface area (Å²) >= 11 is 0. The minimum absolute atomic E-state index is 0.0221. The molecule has 2 fully saturated rings. The van der Waals surface area contributed by atoms with Crippen LogP contribution in [0.2, 0.25) is 0 Å². The van der Waals surface area contributed by atoms with Crippen LogP contribution in [-0.4, -0.2) is 53.2 Å². The van der Waals surface area contributed by atoms with Crippen molar-refractivity contribution in [2.24, 2.45) is 0 Å². The van der Waals surface area contributed by atoms with E-state index in [-0.39, 0.29) is 22.7 Å². The van der Waals surface area contributed by atoms with Crippen LogP contribution in [0.1, 0.15) is 36.2 Å². The molecule has 1 aromatic heterocycles. The van der Waals surface area contributed by atoms with Crippen molar-refractivity contribution >= 4 is 28.2 Å². The number of benzene rings is 2. The van der Waals surface area contributed by atoms with Gasteiger partial charge in [-0.2, -0.15) is 0 Å². The summed E-state index contributed by atoms with van der Waals surface area (Å²) in [6, 6.07) is 9.27. The Hall–Kier alpha value is -3.39. The first-order chi connectivity index (χ1) is 15.9. The molecule has 172 valence electrons. The van der Waals surface area contributed by atoms with E-state index in [9.17, 15) is 14.7 Å². The quantitative estimate of drug-likeness (QED) is 0.581. The topological polar surface area (TPSA) is 77.8 Å². The number of aromatic nitrogens is 1. The predicted molar refractivity (Wildman–Crippen MR) is 127 cm³/mol. The van der Waals surface area contributed by atoms with Gasteiger partial charge in [0.2, 0.25) is 5.43 Å². The summed E-state index contributed by atoms with van der Waals surface area (Å²) in [6.07, 6.45) is 3.52. The number of pyridine rings is 1. The average molecular weight is 451 g/mol. The molecule has 2 heterocycles. The second kappa shape index (κ2) is 8.51. The Labute approximate surface area is 191 Å². The van der Waals surface area contributed by atoms with Crippen LogP contribution in [0.25, 0.3) is 10.9 Å². The average Bonchev–Trinajstić information content (AvgIpc) is 3.66. The number of hydrogen-bond acceptors (Lipinski definition) is 5. The van der Waals surface area contributed by atoms with Crippen LogP contribution in [0.3, 0.4) is 0 Å². The first-order valence-electron chi connectivity index (χ1n) is 11.4. The van der Waals surface area contributed by atoms with E-state index >= 15 is 4.39 Å². The number of hydrogen-bond donors (Lipinski definition) is 2. The molecule has 33 heavy (non-hydrogen) atoms. The highest BCUT2D eigenvalue weighted by Crippen LogP contribution is 2.38. The first kappa shape index (κ1) is 21.5. The maximum atomic E-state index is 15.2. The zero-order valence-corrected chi connectivity index (χ0v) is 18.6. The van der Waals surface area contributed by atoms with Gasteiger partial charge in [-0.1, -0.05) is 6.92 Å². The monoisotopic (exact) mass is 450 g/mol. The van der Waals surface area contributed by atoms with Crippen molar-refractivity contribution in [1.82, 2.24) is 9.47 Å². The third kappa shape index (κ3) is 4.18. The Morgan fingerprint density at radius 3 is 2.45 bits per heavy atom. The normalized spacial score (nSPS) is 16.8. The number of nitrogens with zero attached hydrogens (tertiary/aromatic N) is 3. The lowest BCUT2D eigenvalue weighted by Gasteiger charge is -2.35. The van der Waals surface area contributed by atoms with Crippen LogP contribution in [0.4, 0.5) is 15.8 Å². The van der Waals surface area contributed by atoms with Crippen LogP contribution in [0.5, 0.6) is 5.75 Å². The molecule has 0 atom stereocenters. The molecule has 1 aliphatic carbocycles. The fourth-order valence-electron chi connectivity index (χ4n) is 4.47. The summed E-state index contributed by atoms with van der Waals surface area (Å²) in [5, 5.41) is 12.3. The molecule has 0 radical (unpaired) electrons. The summed E-state index contributed by atoms with van der Waals surface area (Å²) in [5.74, 6) is -0.915. The molecular formula is C25H27FN4O3. The lowest BCUT2D eigenvalue weighted by atomic mass is 10.1. The van der Waals surface area contributed by atoms with Gasteiger partial charge in [-0.3, -0.25) is 9.59 Å². The maximum absolute atomic E-state index is 15.2. The van der Waals surface area contributed by atoms with Crippen molar-refractivity contribution in [3.8, 4) is 5.75 Å². The summed E-state index contributed by atoms with van der Waals surface area (Å²) < 4.78 is 17.2. The van der Waals surface area contributed by atoms with Gasteiger partial charge in [-0.15, -0.1) is 0 Å². The van der Waals surface area contributed by atoms with Gasteiger partial charge in [0.05, 0.1) is 11.2 Å². The molecule has 2 N–H and O–H groups in total. The minimum atomic E-state index is -0.554. The number of fused-ring (bicyclic) bond motifs is 1. The lowest BCUT2D eigenvalue weighted by Crippen LogP contribution is -2.46. The van der Waals surface area contributed by atoms with Crippen molar-refractivity contribution in [2.75, 3.05) is 42.9 Å². The van der Waals surface area contributed by atoms with Gasteiger partial charge in [0.1, 0.15) is 17.1 Å². The van der Waals surface area contributed by atoms with E-state index in [0.29, 0.717) is 16.9 Å². The smallest absolute Gasteiger partial charge is 0.261 e. The number of aromatic hydroxyl groups is 1. The van der Waals surface area contributed by atoms with Gasteiger partial charge in [-0.05, 0) is 55.8 Å². The van der Waals surface area contributed by atoms with E-state index in [2.05, 4.69) is 17.1 Å². The number of phenolic OH excluding ortho intramolecular Hbond substituents is 1. The fraction of sp³-hybridized carbons (Fsp3) is 0.360. The number of phenols is 1. The zero-order valence-electron chi connectivity index (χ0n) is 18.6. The highest BCUT2D eigenvalue weighted by Gasteiger charge is 2.28. The number of likely N-dealkylation sites (N-methyl/N-ethyl adjacent to an activating group) is 1. The number of nitrogens with one attached hydrogen (secondary N) is 1. The van der Waals surface area contributed by atoms with Crippen LogP contribution in [-0.2, 0) is 0 Å². The van der Waals surface area contributed by atoms with E-state index in [4.69, 9.17) is 0 Å². The van der Waals surface area contributed by atoms with Crippen LogP contribution < -0.4 is 15.6 Å². The van der Waals surface area contributed by atoms with Gasteiger partial charge in [0.15, 0.2) is 0 Å². The SMILES string of the molecule is CCN1CCN(c2cc3c(cc2F)c(=O)c(C(=O)Nc2ccc(O)cc2)cn3C2CC2)CC1. The molecule has 3 aromatic rings. The van der Waals surface area contributed by atoms with Crippen molar-refractivity contribution in [1.29, 1.82) is 0 Å². The number of rotatable bonds is 5. The van der Waals surface area contributed by atoms with Gasteiger partial charge < -0.3 is 24.8 Å². The Bertz CT molecular complexity index is 1260. The number of anilines is 2. The number of amides is 1. The molecule has 1 saturated heterocycles. The van der Waals surface area contributed by atoms with E-state index in [1.807, 2.05) is 9.47 Å². The Morgan fingerprint density at radius 1 is 1.12 bits per heavy atom. The Kier molecular flexibility index (Phi) is 5.54. The summed E-state index contributed by atoms with van der Waals surface area (Å²) in [4.78, 5) is 30.5. The van der Waals surface area contributed by atoms with Gasteiger partial charge in [0.25, 0.3) is 5.91 Å². The number of carbonyl (C=O) groups is 1. The van der Waals surface area contributed by atoms with Crippen LogP contribution in [0.15, 0.2) is 47.4 Å². The molecule has 5 rings (SSSR count). The standard InChI is InChI=1S/C25H27FN4O3/c1-2-28-9-11-29(12-10-28)23-14-22-19(13-21(23)26)24(32)20(15-30(22)17-5-6-17)25(33)27-16-3-7-18(31)8-4-16/h3-4,7-8,13-15,17,31H,2,5-6,9-12H2,1H3,(H,27,33).